The zero-order chi connectivity index (χ0) is 21.1. The lowest BCUT2D eigenvalue weighted by Gasteiger charge is -2.43. The molecule has 0 unspecified atom stereocenters. The third-order valence-corrected chi connectivity index (χ3v) is 5.36. The number of benzene rings is 1. The van der Waals surface area contributed by atoms with Gasteiger partial charge in [-0.3, -0.25) is 0 Å². The molecule has 0 spiro atoms. The van der Waals surface area contributed by atoms with E-state index in [1.54, 1.807) is 0 Å². The quantitative estimate of drug-likeness (QED) is 0.683. The molecule has 29 heavy (non-hydrogen) atoms. The molecule has 1 aromatic carbocycles. The van der Waals surface area contributed by atoms with Gasteiger partial charge in [-0.1, -0.05) is 41.9 Å². The summed E-state index contributed by atoms with van der Waals surface area (Å²) >= 11 is 5.72. The van der Waals surface area contributed by atoms with Gasteiger partial charge in [0.2, 0.25) is 0 Å². The number of amides is 1. The van der Waals surface area contributed by atoms with Gasteiger partial charge in [0.15, 0.2) is 0 Å². The number of carboxylic acid groups (broad SMARTS) is 1. The molecule has 2 heterocycles. The molecule has 1 fully saturated rings. The molecular weight excluding hydrogens is 409 g/mol. The Hall–Kier alpha value is -2.32. The third kappa shape index (κ3) is 5.19. The third-order valence-electron chi connectivity index (χ3n) is 5.17. The minimum Gasteiger partial charge on any atom is -0.530 e. The van der Waals surface area contributed by atoms with Crippen molar-refractivity contribution >= 4 is 17.7 Å². The Labute approximate surface area is 171 Å². The fraction of sp³-hybridized carbons (Fsp3) is 0.400. The molecule has 2 aromatic rings. The van der Waals surface area contributed by atoms with Crippen LogP contribution in [0.3, 0.4) is 0 Å². The Morgan fingerprint density at radius 2 is 1.86 bits per heavy atom. The van der Waals surface area contributed by atoms with Crippen LogP contribution in [0.15, 0.2) is 42.5 Å². The van der Waals surface area contributed by atoms with E-state index < -0.39 is 23.2 Å². The summed E-state index contributed by atoms with van der Waals surface area (Å²) in [7, 11) is 0. The molecular formula is C20H19ClF3N2O3-. The van der Waals surface area contributed by atoms with Gasteiger partial charge in [0.05, 0.1) is 24.5 Å². The topological polar surface area (TPSA) is 65.5 Å². The molecule has 5 nitrogen and oxygen atoms in total. The first-order valence-corrected chi connectivity index (χ1v) is 9.40. The Morgan fingerprint density at radius 1 is 1.21 bits per heavy atom. The lowest BCUT2D eigenvalue weighted by atomic mass is 9.73. The van der Waals surface area contributed by atoms with E-state index >= 15 is 0 Å². The number of aromatic nitrogens is 1. The molecule has 0 aliphatic carbocycles. The number of pyridine rings is 1. The van der Waals surface area contributed by atoms with Crippen LogP contribution < -0.4 is 5.11 Å². The molecule has 1 aliphatic heterocycles. The largest absolute Gasteiger partial charge is 0.530 e. The van der Waals surface area contributed by atoms with Crippen molar-refractivity contribution in [3.63, 3.8) is 0 Å². The zero-order valence-electron chi connectivity index (χ0n) is 15.4. The van der Waals surface area contributed by atoms with Crippen LogP contribution >= 0.6 is 11.6 Å². The highest BCUT2D eigenvalue weighted by molar-refractivity contribution is 6.29. The fourth-order valence-corrected chi connectivity index (χ4v) is 3.79. The molecule has 0 bridgehead atoms. The Bertz CT molecular complexity index is 854. The maximum Gasteiger partial charge on any atom is 0.416 e. The van der Waals surface area contributed by atoms with Crippen molar-refractivity contribution in [1.82, 2.24) is 9.88 Å². The van der Waals surface area contributed by atoms with E-state index in [0.717, 1.165) is 17.7 Å². The smallest absolute Gasteiger partial charge is 0.416 e. The molecule has 1 amide bonds. The van der Waals surface area contributed by atoms with E-state index in [2.05, 4.69) is 4.98 Å². The number of likely N-dealkylation sites (tertiary alicyclic amines) is 1. The van der Waals surface area contributed by atoms with Gasteiger partial charge >= 0.3 is 6.18 Å². The summed E-state index contributed by atoms with van der Waals surface area (Å²) in [5.41, 5.74) is -0.247. The van der Waals surface area contributed by atoms with E-state index in [0.29, 0.717) is 25.9 Å². The molecule has 1 aromatic heterocycles. The van der Waals surface area contributed by atoms with Crippen LogP contribution in [0, 0.1) is 0 Å². The maximum absolute atomic E-state index is 13.0. The Morgan fingerprint density at radius 3 is 2.45 bits per heavy atom. The van der Waals surface area contributed by atoms with Crippen LogP contribution in [0.25, 0.3) is 0 Å². The summed E-state index contributed by atoms with van der Waals surface area (Å²) in [6.45, 7) is 0.679. The summed E-state index contributed by atoms with van der Waals surface area (Å²) in [4.78, 5) is 16.3. The molecule has 1 aliphatic rings. The van der Waals surface area contributed by atoms with Gasteiger partial charge in [-0.2, -0.15) is 13.2 Å². The van der Waals surface area contributed by atoms with Gasteiger partial charge in [0, 0.05) is 18.5 Å². The van der Waals surface area contributed by atoms with Crippen LogP contribution in [-0.4, -0.2) is 35.7 Å². The summed E-state index contributed by atoms with van der Waals surface area (Å²) < 4.78 is 44.6. The average Bonchev–Trinajstić information content (AvgIpc) is 2.68. The van der Waals surface area contributed by atoms with Crippen LogP contribution in [0.4, 0.5) is 18.0 Å². The standard InChI is InChI=1S/C20H20ClF3N2O3/c21-17-11-15(20(22,23)24)10-16(25-17)12-29-13-19(14-4-2-1-3-5-14)6-8-26(9-7-19)18(27)28/h1-5,10-11H,6-9,12-13H2,(H,27,28)/p-1. The molecule has 0 radical (unpaired) electrons. The Kier molecular flexibility index (Phi) is 6.33. The van der Waals surface area contributed by atoms with Gasteiger partial charge in [0.25, 0.3) is 0 Å². The van der Waals surface area contributed by atoms with Gasteiger partial charge in [-0.05, 0) is 30.5 Å². The van der Waals surface area contributed by atoms with E-state index in [4.69, 9.17) is 16.3 Å². The number of carbonyl (C=O) groups excluding carboxylic acids is 1. The number of nitrogens with zero attached hydrogens (tertiary/aromatic N) is 2. The van der Waals surface area contributed by atoms with Crippen molar-refractivity contribution in [2.75, 3.05) is 19.7 Å². The van der Waals surface area contributed by atoms with Gasteiger partial charge < -0.3 is 19.5 Å². The van der Waals surface area contributed by atoms with Gasteiger partial charge in [-0.25, -0.2) is 4.98 Å². The molecule has 0 N–H and O–H groups in total. The number of alkyl halides is 3. The summed E-state index contributed by atoms with van der Waals surface area (Å²) in [6.07, 6.45) is -4.70. The van der Waals surface area contributed by atoms with E-state index in [1.165, 1.54) is 4.90 Å². The number of rotatable bonds is 5. The van der Waals surface area contributed by atoms with Crippen LogP contribution in [0.1, 0.15) is 29.7 Å². The monoisotopic (exact) mass is 427 g/mol. The highest BCUT2D eigenvalue weighted by Crippen LogP contribution is 2.36. The Balaban J connectivity index is 1.74. The highest BCUT2D eigenvalue weighted by Gasteiger charge is 2.37. The normalized spacial score (nSPS) is 16.6. The average molecular weight is 428 g/mol. The molecule has 9 heteroatoms. The van der Waals surface area contributed by atoms with Crippen molar-refractivity contribution in [1.29, 1.82) is 0 Å². The van der Waals surface area contributed by atoms with E-state index in [1.807, 2.05) is 30.3 Å². The summed E-state index contributed by atoms with van der Waals surface area (Å²) in [5, 5.41) is 10.9. The fourth-order valence-electron chi connectivity index (χ4n) is 3.57. The lowest BCUT2D eigenvalue weighted by Crippen LogP contribution is -2.51. The molecule has 0 saturated carbocycles. The predicted octanol–water partition coefficient (Wildman–Crippen LogP) is 3.65. The zero-order valence-corrected chi connectivity index (χ0v) is 16.2. The van der Waals surface area contributed by atoms with Crippen molar-refractivity contribution in [2.45, 2.75) is 31.0 Å². The minimum absolute atomic E-state index is 0.0835. The molecule has 3 rings (SSSR count). The number of hydrogen-bond donors (Lipinski definition) is 0. The first-order valence-electron chi connectivity index (χ1n) is 9.02. The van der Waals surface area contributed by atoms with Crippen molar-refractivity contribution in [3.8, 4) is 0 Å². The molecule has 0 atom stereocenters. The number of hydrogen-bond acceptors (Lipinski definition) is 4. The second kappa shape index (κ2) is 8.59. The van der Waals surface area contributed by atoms with Crippen molar-refractivity contribution in [3.05, 3.63) is 64.4 Å². The van der Waals surface area contributed by atoms with Crippen molar-refractivity contribution < 1.29 is 27.8 Å². The van der Waals surface area contributed by atoms with Gasteiger partial charge in [0.1, 0.15) is 11.2 Å². The van der Waals surface area contributed by atoms with E-state index in [9.17, 15) is 23.1 Å². The highest BCUT2D eigenvalue weighted by atomic mass is 35.5. The second-order valence-electron chi connectivity index (χ2n) is 7.06. The van der Waals surface area contributed by atoms with Crippen LogP contribution in [-0.2, 0) is 22.9 Å². The second-order valence-corrected chi connectivity index (χ2v) is 7.45. The maximum atomic E-state index is 13.0. The first kappa shape index (κ1) is 21.4. The SMILES string of the molecule is O=C([O-])N1CCC(COCc2cc(C(F)(F)F)cc(Cl)n2)(c2ccccc2)CC1. The summed E-state index contributed by atoms with van der Waals surface area (Å²) in [5.74, 6) is 0. The predicted molar refractivity (Wildman–Crippen MR) is 98.2 cm³/mol. The molecule has 1 saturated heterocycles. The first-order chi connectivity index (χ1) is 13.7. The summed E-state index contributed by atoms with van der Waals surface area (Å²) in [6, 6.07) is 11.2. The minimum atomic E-state index is -4.52. The number of carbonyl (C=O) groups is 1. The van der Waals surface area contributed by atoms with Crippen LogP contribution in [0.2, 0.25) is 5.15 Å². The van der Waals surface area contributed by atoms with Crippen molar-refractivity contribution in [2.24, 2.45) is 0 Å². The number of piperidine rings is 1. The van der Waals surface area contributed by atoms with Crippen LogP contribution in [0.5, 0.6) is 0 Å². The number of ether oxygens (including phenoxy) is 1. The van der Waals surface area contributed by atoms with Gasteiger partial charge in [-0.15, -0.1) is 0 Å². The lowest BCUT2D eigenvalue weighted by molar-refractivity contribution is -0.267. The number of halogens is 4. The van der Waals surface area contributed by atoms with E-state index in [-0.39, 0.29) is 24.1 Å². The molecule has 156 valence electrons.